The molecular weight excluding hydrogens is 286 g/mol. The van der Waals surface area contributed by atoms with Crippen molar-refractivity contribution in [2.75, 3.05) is 4.90 Å². The van der Waals surface area contributed by atoms with Gasteiger partial charge in [0.2, 0.25) is 0 Å². The summed E-state index contributed by atoms with van der Waals surface area (Å²) < 4.78 is 1.66. The Labute approximate surface area is 135 Å². The smallest absolute Gasteiger partial charge is 0.258 e. The fourth-order valence-corrected chi connectivity index (χ4v) is 3.49. The van der Waals surface area contributed by atoms with Crippen molar-refractivity contribution in [2.24, 2.45) is 0 Å². The van der Waals surface area contributed by atoms with Gasteiger partial charge in [0.05, 0.1) is 12.2 Å². The monoisotopic (exact) mass is 305 g/mol. The lowest BCUT2D eigenvalue weighted by Gasteiger charge is -2.24. The summed E-state index contributed by atoms with van der Waals surface area (Å²) >= 11 is 0. The molecule has 1 aliphatic heterocycles. The van der Waals surface area contributed by atoms with Crippen LogP contribution in [0.25, 0.3) is 5.65 Å². The minimum Gasteiger partial charge on any atom is -0.362 e. The van der Waals surface area contributed by atoms with Crippen LogP contribution in [0.5, 0.6) is 0 Å². The van der Waals surface area contributed by atoms with Gasteiger partial charge in [0.15, 0.2) is 0 Å². The Morgan fingerprint density at radius 2 is 2.00 bits per heavy atom. The number of aromatic nitrogens is 2. The lowest BCUT2D eigenvalue weighted by molar-refractivity contribution is 0.664. The van der Waals surface area contributed by atoms with Crippen LogP contribution in [0.2, 0.25) is 0 Å². The van der Waals surface area contributed by atoms with Crippen molar-refractivity contribution in [1.82, 2.24) is 9.38 Å². The number of para-hydroxylation sites is 1. The van der Waals surface area contributed by atoms with E-state index in [9.17, 15) is 4.79 Å². The summed E-state index contributed by atoms with van der Waals surface area (Å²) in [4.78, 5) is 19.5. The molecular formula is C19H19N3O. The van der Waals surface area contributed by atoms with Gasteiger partial charge >= 0.3 is 0 Å². The van der Waals surface area contributed by atoms with Crippen LogP contribution in [0.1, 0.15) is 23.9 Å². The first-order valence-electron chi connectivity index (χ1n) is 7.96. The predicted molar refractivity (Wildman–Crippen MR) is 92.0 cm³/mol. The lowest BCUT2D eigenvalue weighted by Crippen LogP contribution is -2.30. The molecule has 0 bridgehead atoms. The molecule has 0 radical (unpaired) electrons. The SMILES string of the molecule is Cc1cccc2nc(CN3c4ccccc4C[C@@H]3C)cc(=O)n12. The molecule has 1 aromatic carbocycles. The molecule has 0 aliphatic carbocycles. The standard InChI is InChI=1S/C19H19N3O/c1-13-6-5-9-18-20-16(11-19(23)22(13)18)12-21-14(2)10-15-7-3-4-8-17(15)21/h3-9,11,14H,10,12H2,1-2H3/t14-/m0/s1. The third-order valence-electron chi connectivity index (χ3n) is 4.61. The molecule has 1 atom stereocenters. The van der Waals surface area contributed by atoms with Crippen molar-refractivity contribution in [2.45, 2.75) is 32.9 Å². The fourth-order valence-electron chi connectivity index (χ4n) is 3.49. The van der Waals surface area contributed by atoms with Crippen molar-refractivity contribution >= 4 is 11.3 Å². The van der Waals surface area contributed by atoms with E-state index in [1.165, 1.54) is 11.3 Å². The number of anilines is 1. The molecule has 1 aliphatic rings. The van der Waals surface area contributed by atoms with Crippen LogP contribution < -0.4 is 10.5 Å². The molecule has 3 aromatic rings. The Hall–Kier alpha value is -2.62. The van der Waals surface area contributed by atoms with Crippen LogP contribution in [0.4, 0.5) is 5.69 Å². The lowest BCUT2D eigenvalue weighted by atomic mass is 10.1. The molecule has 3 heterocycles. The number of fused-ring (bicyclic) bond motifs is 2. The molecule has 0 N–H and O–H groups in total. The molecule has 0 amide bonds. The summed E-state index contributed by atoms with van der Waals surface area (Å²) in [6.07, 6.45) is 1.04. The van der Waals surface area contributed by atoms with Gasteiger partial charge in [0.1, 0.15) is 5.65 Å². The van der Waals surface area contributed by atoms with Crippen molar-refractivity contribution in [3.05, 3.63) is 75.8 Å². The zero-order chi connectivity index (χ0) is 16.0. The Bertz CT molecular complexity index is 945. The Morgan fingerprint density at radius 3 is 2.87 bits per heavy atom. The molecule has 4 rings (SSSR count). The molecule has 0 unspecified atom stereocenters. The van der Waals surface area contributed by atoms with Gasteiger partial charge < -0.3 is 4.90 Å². The topological polar surface area (TPSA) is 37.6 Å². The van der Waals surface area contributed by atoms with E-state index in [4.69, 9.17) is 0 Å². The number of rotatable bonds is 2. The van der Waals surface area contributed by atoms with E-state index in [1.807, 2.05) is 25.1 Å². The Morgan fingerprint density at radius 1 is 1.17 bits per heavy atom. The zero-order valence-corrected chi connectivity index (χ0v) is 13.4. The van der Waals surface area contributed by atoms with Crippen molar-refractivity contribution in [3.8, 4) is 0 Å². The molecule has 116 valence electrons. The highest BCUT2D eigenvalue weighted by Crippen LogP contribution is 2.32. The molecule has 0 fully saturated rings. The molecule has 23 heavy (non-hydrogen) atoms. The minimum absolute atomic E-state index is 0.0109. The highest BCUT2D eigenvalue weighted by molar-refractivity contribution is 5.59. The van der Waals surface area contributed by atoms with Crippen LogP contribution in [0.3, 0.4) is 0 Å². The van der Waals surface area contributed by atoms with Gasteiger partial charge in [-0.05, 0) is 44.0 Å². The minimum atomic E-state index is -0.0109. The summed E-state index contributed by atoms with van der Waals surface area (Å²) in [5, 5.41) is 0. The highest BCUT2D eigenvalue weighted by Gasteiger charge is 2.25. The van der Waals surface area contributed by atoms with E-state index < -0.39 is 0 Å². The summed E-state index contributed by atoms with van der Waals surface area (Å²) in [6, 6.07) is 16.3. The second-order valence-electron chi connectivity index (χ2n) is 6.26. The van der Waals surface area contributed by atoms with Crippen LogP contribution in [0.15, 0.2) is 53.3 Å². The first-order valence-corrected chi connectivity index (χ1v) is 7.96. The molecule has 4 heteroatoms. The maximum atomic E-state index is 12.4. The normalized spacial score (nSPS) is 16.8. The first kappa shape index (κ1) is 14.0. The van der Waals surface area contributed by atoms with E-state index in [1.54, 1.807) is 10.5 Å². The number of pyridine rings is 1. The number of aryl methyl sites for hydroxylation is 1. The summed E-state index contributed by atoms with van der Waals surface area (Å²) in [5.74, 6) is 0. The number of hydrogen-bond donors (Lipinski definition) is 0. The van der Waals surface area contributed by atoms with Crippen molar-refractivity contribution in [3.63, 3.8) is 0 Å². The molecule has 4 nitrogen and oxygen atoms in total. The maximum Gasteiger partial charge on any atom is 0.258 e. The quantitative estimate of drug-likeness (QED) is 0.730. The highest BCUT2D eigenvalue weighted by atomic mass is 16.1. The average Bonchev–Trinajstić information content (AvgIpc) is 2.83. The maximum absolute atomic E-state index is 12.4. The van der Waals surface area contributed by atoms with E-state index >= 15 is 0 Å². The zero-order valence-electron chi connectivity index (χ0n) is 13.4. The summed E-state index contributed by atoms with van der Waals surface area (Å²) in [7, 11) is 0. The number of hydrogen-bond acceptors (Lipinski definition) is 3. The third-order valence-corrected chi connectivity index (χ3v) is 4.61. The second kappa shape index (κ2) is 5.23. The van der Waals surface area contributed by atoms with Crippen LogP contribution in [-0.4, -0.2) is 15.4 Å². The third kappa shape index (κ3) is 2.31. The van der Waals surface area contributed by atoms with E-state index in [0.717, 1.165) is 17.8 Å². The van der Waals surface area contributed by atoms with Crippen LogP contribution in [-0.2, 0) is 13.0 Å². The molecule has 0 spiro atoms. The van der Waals surface area contributed by atoms with E-state index in [-0.39, 0.29) is 5.56 Å². The fraction of sp³-hybridized carbons (Fsp3) is 0.263. The van der Waals surface area contributed by atoms with Gasteiger partial charge in [-0.15, -0.1) is 0 Å². The van der Waals surface area contributed by atoms with Crippen LogP contribution in [0, 0.1) is 6.92 Å². The molecule has 0 saturated carbocycles. The summed E-state index contributed by atoms with van der Waals surface area (Å²) in [5.41, 5.74) is 5.06. The van der Waals surface area contributed by atoms with Gasteiger partial charge in [0.25, 0.3) is 5.56 Å². The van der Waals surface area contributed by atoms with Crippen LogP contribution >= 0.6 is 0 Å². The van der Waals surface area contributed by atoms with Crippen molar-refractivity contribution in [1.29, 1.82) is 0 Å². The Balaban J connectivity index is 1.75. The van der Waals surface area contributed by atoms with Gasteiger partial charge in [-0.1, -0.05) is 24.3 Å². The number of nitrogens with zero attached hydrogens (tertiary/aromatic N) is 3. The van der Waals surface area contributed by atoms with Gasteiger partial charge in [-0.25, -0.2) is 4.98 Å². The summed E-state index contributed by atoms with van der Waals surface area (Å²) in [6.45, 7) is 4.81. The predicted octanol–water partition coefficient (Wildman–Crippen LogP) is 2.95. The van der Waals surface area contributed by atoms with Gasteiger partial charge in [-0.3, -0.25) is 9.20 Å². The second-order valence-corrected chi connectivity index (χ2v) is 6.26. The van der Waals surface area contributed by atoms with E-state index in [0.29, 0.717) is 18.2 Å². The Kier molecular flexibility index (Phi) is 3.18. The van der Waals surface area contributed by atoms with Gasteiger partial charge in [-0.2, -0.15) is 0 Å². The average molecular weight is 305 g/mol. The van der Waals surface area contributed by atoms with Crippen molar-refractivity contribution < 1.29 is 0 Å². The van der Waals surface area contributed by atoms with Gasteiger partial charge in [0, 0.05) is 23.5 Å². The number of benzene rings is 1. The van der Waals surface area contributed by atoms with E-state index in [2.05, 4.69) is 41.1 Å². The molecule has 2 aromatic heterocycles. The largest absolute Gasteiger partial charge is 0.362 e. The molecule has 0 saturated heterocycles. The first-order chi connectivity index (χ1) is 11.1.